The first-order chi connectivity index (χ1) is 20.9. The lowest BCUT2D eigenvalue weighted by molar-refractivity contribution is -0.129. The van der Waals surface area contributed by atoms with E-state index in [-0.39, 0.29) is 44.3 Å². The van der Waals surface area contributed by atoms with Crippen molar-refractivity contribution in [1.82, 2.24) is 25.5 Å². The normalized spacial score (nSPS) is 16.2. The van der Waals surface area contributed by atoms with Gasteiger partial charge in [-0.15, -0.1) is 0 Å². The van der Waals surface area contributed by atoms with E-state index in [1.54, 1.807) is 44.4 Å². The SMILES string of the molecule is COc1ccc2cc1OCCCN(C(=O)c1ccccn1)CC(=O)N[C@H](Cc1ccccc1)C(=O)NCc1nc-2oc1C. The Balaban J connectivity index is 1.45. The lowest BCUT2D eigenvalue weighted by Crippen LogP contribution is -2.51. The maximum Gasteiger partial charge on any atom is 0.272 e. The summed E-state index contributed by atoms with van der Waals surface area (Å²) in [4.78, 5) is 50.3. The molecule has 43 heavy (non-hydrogen) atoms. The van der Waals surface area contributed by atoms with E-state index >= 15 is 0 Å². The van der Waals surface area contributed by atoms with E-state index < -0.39 is 17.9 Å². The van der Waals surface area contributed by atoms with E-state index in [1.807, 2.05) is 36.4 Å². The van der Waals surface area contributed by atoms with Crippen LogP contribution in [0, 0.1) is 6.92 Å². The molecule has 2 aromatic carbocycles. The number of nitrogens with one attached hydrogen (secondary N) is 2. The maximum atomic E-state index is 13.4. The number of rotatable bonds is 4. The number of hydrogen-bond donors (Lipinski definition) is 2. The van der Waals surface area contributed by atoms with E-state index in [4.69, 9.17) is 13.9 Å². The van der Waals surface area contributed by atoms with E-state index in [0.717, 1.165) is 5.56 Å². The first-order valence-electron chi connectivity index (χ1n) is 14.0. The van der Waals surface area contributed by atoms with Gasteiger partial charge in [0.25, 0.3) is 5.91 Å². The molecule has 3 amide bonds. The van der Waals surface area contributed by atoms with Crippen LogP contribution >= 0.6 is 0 Å². The number of amides is 3. The van der Waals surface area contributed by atoms with Crippen LogP contribution in [0.1, 0.15) is 33.9 Å². The molecule has 0 saturated heterocycles. The van der Waals surface area contributed by atoms with Gasteiger partial charge in [-0.2, -0.15) is 0 Å². The third-order valence-electron chi connectivity index (χ3n) is 7.00. The van der Waals surface area contributed by atoms with Crippen LogP contribution in [0.25, 0.3) is 11.5 Å². The molecule has 4 aromatic rings. The lowest BCUT2D eigenvalue weighted by Gasteiger charge is -2.24. The highest BCUT2D eigenvalue weighted by molar-refractivity contribution is 5.95. The molecular weight excluding hydrogens is 550 g/mol. The number of pyridine rings is 1. The summed E-state index contributed by atoms with van der Waals surface area (Å²) < 4.78 is 17.4. The summed E-state index contributed by atoms with van der Waals surface area (Å²) in [6, 6.07) is 18.9. The van der Waals surface area contributed by atoms with Crippen molar-refractivity contribution in [2.75, 3.05) is 26.8 Å². The first-order valence-corrected chi connectivity index (χ1v) is 14.0. The number of hydrogen-bond acceptors (Lipinski definition) is 8. The fourth-order valence-corrected chi connectivity index (χ4v) is 4.75. The Labute approximate surface area is 249 Å². The molecule has 11 heteroatoms. The Morgan fingerprint density at radius 3 is 2.67 bits per heavy atom. The number of benzene rings is 2. The van der Waals surface area contributed by atoms with Crippen LogP contribution in [-0.4, -0.2) is 65.4 Å². The summed E-state index contributed by atoms with van der Waals surface area (Å²) in [7, 11) is 1.55. The van der Waals surface area contributed by atoms with Gasteiger partial charge >= 0.3 is 0 Å². The van der Waals surface area contributed by atoms with Gasteiger partial charge in [-0.25, -0.2) is 4.98 Å². The molecule has 1 aliphatic rings. The zero-order valence-electron chi connectivity index (χ0n) is 24.0. The number of methoxy groups -OCH3 is 1. The van der Waals surface area contributed by atoms with Gasteiger partial charge < -0.3 is 29.4 Å². The highest BCUT2D eigenvalue weighted by Gasteiger charge is 2.26. The third kappa shape index (κ3) is 7.37. The van der Waals surface area contributed by atoms with Crippen LogP contribution in [0.3, 0.4) is 0 Å². The summed E-state index contributed by atoms with van der Waals surface area (Å²) in [5.74, 6) is 0.676. The molecule has 0 fully saturated rings. The van der Waals surface area contributed by atoms with E-state index in [2.05, 4.69) is 20.6 Å². The minimum absolute atomic E-state index is 0.0964. The number of carbonyl (C=O) groups is 3. The molecule has 5 rings (SSSR count). The average Bonchev–Trinajstić information content (AvgIpc) is 3.41. The van der Waals surface area contributed by atoms with Crippen molar-refractivity contribution in [1.29, 1.82) is 0 Å². The van der Waals surface area contributed by atoms with Crippen molar-refractivity contribution in [2.24, 2.45) is 0 Å². The predicted octanol–water partition coefficient (Wildman–Crippen LogP) is 3.32. The van der Waals surface area contributed by atoms with Gasteiger partial charge in [0.05, 0.1) is 26.8 Å². The molecule has 222 valence electrons. The van der Waals surface area contributed by atoms with Crippen molar-refractivity contribution in [2.45, 2.75) is 32.4 Å². The molecule has 1 aliphatic heterocycles. The van der Waals surface area contributed by atoms with Gasteiger partial charge in [0.15, 0.2) is 11.5 Å². The number of aryl methyl sites for hydroxylation is 1. The molecular formula is C32H33N5O6. The molecule has 2 aromatic heterocycles. The van der Waals surface area contributed by atoms with Gasteiger partial charge in [0.2, 0.25) is 17.7 Å². The van der Waals surface area contributed by atoms with Gasteiger partial charge in [0, 0.05) is 24.7 Å². The van der Waals surface area contributed by atoms with Crippen molar-refractivity contribution < 1.29 is 28.3 Å². The average molecular weight is 584 g/mol. The molecule has 3 heterocycles. The molecule has 2 N–H and O–H groups in total. The number of ether oxygens (including phenoxy) is 2. The summed E-state index contributed by atoms with van der Waals surface area (Å²) >= 11 is 0. The zero-order valence-corrected chi connectivity index (χ0v) is 24.0. The fraction of sp³-hybridized carbons (Fsp3) is 0.281. The molecule has 0 aliphatic carbocycles. The quantitative estimate of drug-likeness (QED) is 0.374. The second kappa shape index (κ2) is 13.6. The van der Waals surface area contributed by atoms with Gasteiger partial charge in [0.1, 0.15) is 23.2 Å². The third-order valence-corrected chi connectivity index (χ3v) is 7.00. The number of carbonyl (C=O) groups excluding carboxylic acids is 3. The molecule has 11 nitrogen and oxygen atoms in total. The maximum absolute atomic E-state index is 13.4. The Morgan fingerprint density at radius 1 is 1.09 bits per heavy atom. The van der Waals surface area contributed by atoms with Crippen LogP contribution in [0.15, 0.2) is 77.3 Å². The van der Waals surface area contributed by atoms with Crippen LogP contribution in [0.5, 0.6) is 11.5 Å². The largest absolute Gasteiger partial charge is 0.493 e. The highest BCUT2D eigenvalue weighted by Crippen LogP contribution is 2.33. The smallest absolute Gasteiger partial charge is 0.272 e. The Hall–Kier alpha value is -5.19. The Bertz CT molecular complexity index is 1570. The van der Waals surface area contributed by atoms with Crippen LogP contribution in [0.4, 0.5) is 0 Å². The van der Waals surface area contributed by atoms with Gasteiger partial charge in [-0.05, 0) is 49.2 Å². The molecule has 1 atom stereocenters. The van der Waals surface area contributed by atoms with E-state index in [0.29, 0.717) is 40.8 Å². The second-order valence-corrected chi connectivity index (χ2v) is 10.1. The zero-order chi connectivity index (χ0) is 30.2. The fourth-order valence-electron chi connectivity index (χ4n) is 4.75. The Kier molecular flexibility index (Phi) is 9.30. The monoisotopic (exact) mass is 583 g/mol. The Morgan fingerprint density at radius 2 is 1.91 bits per heavy atom. The molecule has 0 spiro atoms. The topological polar surface area (TPSA) is 136 Å². The molecule has 0 unspecified atom stereocenters. The molecule has 0 radical (unpaired) electrons. The highest BCUT2D eigenvalue weighted by atomic mass is 16.5. The van der Waals surface area contributed by atoms with Gasteiger partial charge in [-0.3, -0.25) is 19.4 Å². The van der Waals surface area contributed by atoms with E-state index in [1.165, 1.54) is 11.1 Å². The lowest BCUT2D eigenvalue weighted by atomic mass is 10.0. The standard InChI is InChI=1S/C32H33N5O6/c1-21-26-19-34-30(39)25(17-22-9-4-3-5-10-22)35-29(38)20-37(32(40)24-11-6-7-14-33-24)15-8-16-42-28-18-23(31(36-26)43-21)12-13-27(28)41-2/h3-7,9-14,18,25H,8,15-17,19-20H2,1-2H3,(H,34,39)(H,35,38)/t25-/m1/s1. The number of fused-ring (bicyclic) bond motifs is 5. The molecule has 4 bridgehead atoms. The minimum Gasteiger partial charge on any atom is -0.493 e. The minimum atomic E-state index is -0.889. The summed E-state index contributed by atoms with van der Waals surface area (Å²) in [6.07, 6.45) is 2.20. The van der Waals surface area contributed by atoms with Crippen molar-refractivity contribution in [3.05, 3.63) is 95.6 Å². The molecule has 0 saturated carbocycles. The van der Waals surface area contributed by atoms with E-state index in [9.17, 15) is 14.4 Å². The summed E-state index contributed by atoms with van der Waals surface area (Å²) in [5.41, 5.74) is 2.32. The van der Waals surface area contributed by atoms with Gasteiger partial charge in [-0.1, -0.05) is 36.4 Å². The number of nitrogens with zero attached hydrogens (tertiary/aromatic N) is 3. The first kappa shape index (κ1) is 29.3. The summed E-state index contributed by atoms with van der Waals surface area (Å²) in [5, 5.41) is 5.72. The van der Waals surface area contributed by atoms with Crippen LogP contribution < -0.4 is 20.1 Å². The second-order valence-electron chi connectivity index (χ2n) is 10.1. The number of aromatic nitrogens is 2. The van der Waals surface area contributed by atoms with Crippen molar-refractivity contribution in [3.63, 3.8) is 0 Å². The number of oxazole rings is 1. The van der Waals surface area contributed by atoms with Crippen molar-refractivity contribution >= 4 is 17.7 Å². The van der Waals surface area contributed by atoms with Crippen LogP contribution in [-0.2, 0) is 22.6 Å². The van der Waals surface area contributed by atoms with Crippen LogP contribution in [0.2, 0.25) is 0 Å². The van der Waals surface area contributed by atoms with Crippen molar-refractivity contribution in [3.8, 4) is 23.0 Å². The summed E-state index contributed by atoms with van der Waals surface area (Å²) in [6.45, 7) is 2.06. The predicted molar refractivity (Wildman–Crippen MR) is 157 cm³/mol.